The Bertz CT molecular complexity index is 465. The summed E-state index contributed by atoms with van der Waals surface area (Å²) in [5, 5.41) is 3.02. The van der Waals surface area contributed by atoms with Crippen LogP contribution in [-0.4, -0.2) is 22.4 Å². The molecular weight excluding hydrogens is 250 g/mol. The molecule has 0 saturated carbocycles. The first-order chi connectivity index (χ1) is 8.41. The zero-order valence-electron chi connectivity index (χ0n) is 11.1. The van der Waals surface area contributed by atoms with E-state index in [-0.39, 0.29) is 22.5 Å². The van der Waals surface area contributed by atoms with E-state index < -0.39 is 0 Å². The van der Waals surface area contributed by atoms with E-state index in [9.17, 15) is 4.79 Å². The van der Waals surface area contributed by atoms with Crippen LogP contribution in [0, 0.1) is 0 Å². The monoisotopic (exact) mass is 267 g/mol. The molecule has 1 aromatic heterocycles. The van der Waals surface area contributed by atoms with Crippen LogP contribution in [0.2, 0.25) is 5.02 Å². The Hall–Kier alpha value is -1.42. The molecule has 0 bridgehead atoms. The van der Waals surface area contributed by atoms with Crippen molar-refractivity contribution in [2.24, 2.45) is 0 Å². The standard InChI is InChI=1S/C13H18ClN3O/c1-8(2)5-6-15-13(18)11-10(14)7-16-12(17-11)9(3)4/h5,7,9H,6H2,1-4H3,(H,15,18). The van der Waals surface area contributed by atoms with Crippen molar-refractivity contribution in [1.82, 2.24) is 15.3 Å². The molecule has 18 heavy (non-hydrogen) atoms. The SMILES string of the molecule is CC(C)=CCNC(=O)c1nc(C(C)C)ncc1Cl. The van der Waals surface area contributed by atoms with Crippen LogP contribution in [-0.2, 0) is 0 Å². The summed E-state index contributed by atoms with van der Waals surface area (Å²) in [5.74, 6) is 0.500. The molecule has 0 radical (unpaired) electrons. The number of rotatable bonds is 4. The summed E-state index contributed by atoms with van der Waals surface area (Å²) in [5.41, 5.74) is 1.38. The van der Waals surface area contributed by atoms with Crippen LogP contribution in [0.1, 0.15) is 49.9 Å². The first-order valence-electron chi connectivity index (χ1n) is 5.85. The summed E-state index contributed by atoms with van der Waals surface area (Å²) in [6.45, 7) is 8.35. The minimum absolute atomic E-state index is 0.159. The molecule has 0 aliphatic heterocycles. The lowest BCUT2D eigenvalue weighted by Gasteiger charge is -2.08. The van der Waals surface area contributed by atoms with Gasteiger partial charge in [0.1, 0.15) is 11.5 Å². The molecule has 1 rings (SSSR count). The summed E-state index contributed by atoms with van der Waals surface area (Å²) in [4.78, 5) is 20.2. The number of hydrogen-bond acceptors (Lipinski definition) is 3. The van der Waals surface area contributed by atoms with Gasteiger partial charge in [-0.15, -0.1) is 0 Å². The molecule has 0 saturated heterocycles. The fraction of sp³-hybridized carbons (Fsp3) is 0.462. The number of nitrogens with one attached hydrogen (secondary N) is 1. The third kappa shape index (κ3) is 4.11. The summed E-state index contributed by atoms with van der Waals surface area (Å²) in [6.07, 6.45) is 3.40. The summed E-state index contributed by atoms with van der Waals surface area (Å²) in [6, 6.07) is 0. The van der Waals surface area contributed by atoms with Crippen molar-refractivity contribution in [3.8, 4) is 0 Å². The first-order valence-corrected chi connectivity index (χ1v) is 6.23. The number of carbonyl (C=O) groups is 1. The lowest BCUT2D eigenvalue weighted by molar-refractivity contribution is 0.0952. The van der Waals surface area contributed by atoms with Gasteiger partial charge in [-0.1, -0.05) is 37.1 Å². The van der Waals surface area contributed by atoms with Gasteiger partial charge in [0.15, 0.2) is 0 Å². The quantitative estimate of drug-likeness (QED) is 0.854. The zero-order valence-corrected chi connectivity index (χ0v) is 11.9. The minimum atomic E-state index is -0.276. The predicted octanol–water partition coefficient (Wildman–Crippen LogP) is 2.95. The molecule has 5 heteroatoms. The maximum Gasteiger partial charge on any atom is 0.271 e. The van der Waals surface area contributed by atoms with Crippen molar-refractivity contribution < 1.29 is 4.79 Å². The fourth-order valence-electron chi connectivity index (χ4n) is 1.25. The highest BCUT2D eigenvalue weighted by molar-refractivity contribution is 6.33. The highest BCUT2D eigenvalue weighted by Gasteiger charge is 2.14. The Morgan fingerprint density at radius 1 is 1.50 bits per heavy atom. The lowest BCUT2D eigenvalue weighted by Crippen LogP contribution is -2.25. The van der Waals surface area contributed by atoms with E-state index in [1.165, 1.54) is 6.20 Å². The molecule has 0 aliphatic carbocycles. The zero-order chi connectivity index (χ0) is 13.7. The van der Waals surface area contributed by atoms with Crippen molar-refractivity contribution in [2.45, 2.75) is 33.6 Å². The van der Waals surface area contributed by atoms with Gasteiger partial charge in [-0.25, -0.2) is 9.97 Å². The van der Waals surface area contributed by atoms with Crippen LogP contribution in [0.15, 0.2) is 17.8 Å². The van der Waals surface area contributed by atoms with Gasteiger partial charge in [-0.3, -0.25) is 4.79 Å². The lowest BCUT2D eigenvalue weighted by atomic mass is 10.2. The van der Waals surface area contributed by atoms with Crippen LogP contribution >= 0.6 is 11.6 Å². The second-order valence-electron chi connectivity index (χ2n) is 4.57. The topological polar surface area (TPSA) is 54.9 Å². The smallest absolute Gasteiger partial charge is 0.271 e. The van der Waals surface area contributed by atoms with E-state index in [4.69, 9.17) is 11.6 Å². The van der Waals surface area contributed by atoms with Gasteiger partial charge in [0.05, 0.1) is 11.2 Å². The van der Waals surface area contributed by atoms with Crippen LogP contribution in [0.3, 0.4) is 0 Å². The Morgan fingerprint density at radius 3 is 2.72 bits per heavy atom. The van der Waals surface area contributed by atoms with Crippen LogP contribution in [0.25, 0.3) is 0 Å². The molecule has 0 spiro atoms. The Balaban J connectivity index is 2.84. The third-order valence-corrected chi connectivity index (χ3v) is 2.54. The van der Waals surface area contributed by atoms with Gasteiger partial charge in [-0.2, -0.15) is 0 Å². The van der Waals surface area contributed by atoms with Gasteiger partial charge >= 0.3 is 0 Å². The summed E-state index contributed by atoms with van der Waals surface area (Å²) in [7, 11) is 0. The average molecular weight is 268 g/mol. The Morgan fingerprint density at radius 2 is 2.17 bits per heavy atom. The van der Waals surface area contributed by atoms with Gasteiger partial charge in [0.2, 0.25) is 0 Å². The fourth-order valence-corrected chi connectivity index (χ4v) is 1.43. The molecule has 0 fully saturated rings. The van der Waals surface area contributed by atoms with Crippen LogP contribution in [0.5, 0.6) is 0 Å². The van der Waals surface area contributed by atoms with Gasteiger partial charge in [0, 0.05) is 12.5 Å². The highest BCUT2D eigenvalue weighted by Crippen LogP contribution is 2.16. The molecule has 0 atom stereocenters. The van der Waals surface area contributed by atoms with E-state index in [0.29, 0.717) is 12.4 Å². The summed E-state index contributed by atoms with van der Waals surface area (Å²) >= 11 is 5.94. The number of allylic oxidation sites excluding steroid dienone is 1. The highest BCUT2D eigenvalue weighted by atomic mass is 35.5. The van der Waals surface area contributed by atoms with Crippen LogP contribution < -0.4 is 5.32 Å². The molecule has 98 valence electrons. The van der Waals surface area contributed by atoms with Crippen molar-refractivity contribution >= 4 is 17.5 Å². The van der Waals surface area contributed by atoms with E-state index in [2.05, 4.69) is 15.3 Å². The molecule has 1 N–H and O–H groups in total. The van der Waals surface area contributed by atoms with Gasteiger partial charge < -0.3 is 5.32 Å². The maximum atomic E-state index is 11.9. The van der Waals surface area contributed by atoms with E-state index in [1.807, 2.05) is 33.8 Å². The molecule has 0 aliphatic rings. The number of nitrogens with zero attached hydrogens (tertiary/aromatic N) is 2. The largest absolute Gasteiger partial charge is 0.347 e. The van der Waals surface area contributed by atoms with Crippen molar-refractivity contribution in [3.63, 3.8) is 0 Å². The van der Waals surface area contributed by atoms with E-state index in [0.717, 1.165) is 5.57 Å². The molecule has 0 aromatic carbocycles. The number of halogens is 1. The maximum absolute atomic E-state index is 11.9. The Kier molecular flexibility index (Phi) is 5.28. The first kappa shape index (κ1) is 14.6. The van der Waals surface area contributed by atoms with E-state index in [1.54, 1.807) is 0 Å². The van der Waals surface area contributed by atoms with E-state index >= 15 is 0 Å². The van der Waals surface area contributed by atoms with Gasteiger partial charge in [0.25, 0.3) is 5.91 Å². The van der Waals surface area contributed by atoms with Crippen molar-refractivity contribution in [1.29, 1.82) is 0 Å². The molecule has 1 aromatic rings. The number of aromatic nitrogens is 2. The number of hydrogen-bond donors (Lipinski definition) is 1. The predicted molar refractivity (Wildman–Crippen MR) is 72.9 cm³/mol. The number of amides is 1. The molecule has 1 heterocycles. The third-order valence-electron chi connectivity index (χ3n) is 2.27. The normalized spacial score (nSPS) is 10.3. The Labute approximate surface area is 112 Å². The van der Waals surface area contributed by atoms with Crippen molar-refractivity contribution in [3.05, 3.63) is 34.4 Å². The minimum Gasteiger partial charge on any atom is -0.347 e. The molecule has 1 amide bonds. The van der Waals surface area contributed by atoms with Crippen molar-refractivity contribution in [2.75, 3.05) is 6.54 Å². The molecule has 4 nitrogen and oxygen atoms in total. The van der Waals surface area contributed by atoms with Crippen LogP contribution in [0.4, 0.5) is 0 Å². The average Bonchev–Trinajstić information content (AvgIpc) is 2.28. The number of carbonyl (C=O) groups excluding carboxylic acids is 1. The second-order valence-corrected chi connectivity index (χ2v) is 4.98. The van der Waals surface area contributed by atoms with Gasteiger partial charge in [-0.05, 0) is 13.8 Å². The molecular formula is C13H18ClN3O. The summed E-state index contributed by atoms with van der Waals surface area (Å²) < 4.78 is 0. The molecule has 0 unspecified atom stereocenters. The second kappa shape index (κ2) is 6.50.